The fraction of sp³-hybridized carbons (Fsp3) is 0.364. The molecule has 1 amide bonds. The van der Waals surface area contributed by atoms with E-state index in [1.165, 1.54) is 11.0 Å². The minimum absolute atomic E-state index is 0.180. The van der Waals surface area contributed by atoms with Gasteiger partial charge in [-0.05, 0) is 6.07 Å². The third kappa shape index (κ3) is 1.86. The lowest BCUT2D eigenvalue weighted by Crippen LogP contribution is -2.32. The highest BCUT2D eigenvalue weighted by Crippen LogP contribution is 2.28. The molecular formula is C11H13FN2O2. The van der Waals surface area contributed by atoms with Crippen LogP contribution in [0.2, 0.25) is 0 Å². The maximum absolute atomic E-state index is 13.6. The van der Waals surface area contributed by atoms with Crippen LogP contribution in [0.1, 0.15) is 11.6 Å². The van der Waals surface area contributed by atoms with Crippen molar-refractivity contribution in [3.05, 3.63) is 35.6 Å². The van der Waals surface area contributed by atoms with E-state index >= 15 is 0 Å². The molecule has 5 heteroatoms. The lowest BCUT2D eigenvalue weighted by Gasteiger charge is -2.21. The van der Waals surface area contributed by atoms with E-state index < -0.39 is 6.09 Å². The van der Waals surface area contributed by atoms with E-state index in [4.69, 9.17) is 10.5 Å². The normalized spacial score (nSPS) is 20.0. The molecule has 1 aromatic rings. The van der Waals surface area contributed by atoms with Gasteiger partial charge in [0.25, 0.3) is 0 Å². The molecule has 0 saturated carbocycles. The van der Waals surface area contributed by atoms with E-state index in [0.29, 0.717) is 18.7 Å². The van der Waals surface area contributed by atoms with Gasteiger partial charge in [0.2, 0.25) is 0 Å². The summed E-state index contributed by atoms with van der Waals surface area (Å²) in [5, 5.41) is 0. The first-order valence-electron chi connectivity index (χ1n) is 5.12. The highest BCUT2D eigenvalue weighted by atomic mass is 19.1. The number of hydrogen-bond donors (Lipinski definition) is 1. The van der Waals surface area contributed by atoms with Gasteiger partial charge in [-0.25, -0.2) is 9.18 Å². The number of hydrogen-bond acceptors (Lipinski definition) is 3. The van der Waals surface area contributed by atoms with E-state index in [9.17, 15) is 9.18 Å². The van der Waals surface area contributed by atoms with Crippen molar-refractivity contribution < 1.29 is 13.9 Å². The zero-order valence-electron chi connectivity index (χ0n) is 8.73. The minimum Gasteiger partial charge on any atom is -0.447 e. The van der Waals surface area contributed by atoms with E-state index in [0.717, 1.165) is 0 Å². The lowest BCUT2D eigenvalue weighted by molar-refractivity contribution is 0.158. The molecule has 1 saturated heterocycles. The van der Waals surface area contributed by atoms with Gasteiger partial charge in [0.15, 0.2) is 0 Å². The molecule has 0 radical (unpaired) electrons. The summed E-state index contributed by atoms with van der Waals surface area (Å²) in [6.07, 6.45) is -0.432. The Labute approximate surface area is 92.8 Å². The number of halogens is 1. The van der Waals surface area contributed by atoms with Gasteiger partial charge >= 0.3 is 6.09 Å². The van der Waals surface area contributed by atoms with Gasteiger partial charge in [-0.3, -0.25) is 4.90 Å². The van der Waals surface area contributed by atoms with Crippen LogP contribution in [-0.4, -0.2) is 30.7 Å². The first-order chi connectivity index (χ1) is 7.74. The third-order valence-corrected chi connectivity index (χ3v) is 2.61. The SMILES string of the molecule is NCCN1C(=O)OCC1c1ccccc1F. The second-order valence-corrected chi connectivity index (χ2v) is 3.60. The molecule has 86 valence electrons. The minimum atomic E-state index is -0.432. The van der Waals surface area contributed by atoms with Gasteiger partial charge in [-0.1, -0.05) is 18.2 Å². The molecule has 16 heavy (non-hydrogen) atoms. The van der Waals surface area contributed by atoms with Crippen LogP contribution in [-0.2, 0) is 4.74 Å². The number of nitrogens with zero attached hydrogens (tertiary/aromatic N) is 1. The summed E-state index contributed by atoms with van der Waals surface area (Å²) >= 11 is 0. The van der Waals surface area contributed by atoms with Gasteiger partial charge in [-0.15, -0.1) is 0 Å². The molecule has 4 nitrogen and oxygen atoms in total. The molecule has 1 heterocycles. The zero-order valence-corrected chi connectivity index (χ0v) is 8.73. The van der Waals surface area contributed by atoms with E-state index in [-0.39, 0.29) is 18.5 Å². The summed E-state index contributed by atoms with van der Waals surface area (Å²) in [7, 11) is 0. The molecule has 2 rings (SSSR count). The van der Waals surface area contributed by atoms with Crippen molar-refractivity contribution in [2.24, 2.45) is 5.73 Å². The number of benzene rings is 1. The van der Waals surface area contributed by atoms with Crippen molar-refractivity contribution in [3.8, 4) is 0 Å². The van der Waals surface area contributed by atoms with Crippen molar-refractivity contribution in [1.29, 1.82) is 0 Å². The van der Waals surface area contributed by atoms with Crippen LogP contribution in [0, 0.1) is 5.82 Å². The maximum atomic E-state index is 13.6. The Bertz CT molecular complexity index is 397. The first-order valence-corrected chi connectivity index (χ1v) is 5.12. The van der Waals surface area contributed by atoms with Crippen LogP contribution in [0.4, 0.5) is 9.18 Å². The van der Waals surface area contributed by atoms with Crippen molar-refractivity contribution in [1.82, 2.24) is 4.90 Å². The number of rotatable bonds is 3. The van der Waals surface area contributed by atoms with Crippen LogP contribution in [0.15, 0.2) is 24.3 Å². The van der Waals surface area contributed by atoms with E-state index in [2.05, 4.69) is 0 Å². The third-order valence-electron chi connectivity index (χ3n) is 2.61. The summed E-state index contributed by atoms with van der Waals surface area (Å²) < 4.78 is 18.5. The van der Waals surface area contributed by atoms with Gasteiger partial charge in [0, 0.05) is 18.7 Å². The number of nitrogens with two attached hydrogens (primary N) is 1. The van der Waals surface area contributed by atoms with Crippen molar-refractivity contribution in [2.45, 2.75) is 6.04 Å². The standard InChI is InChI=1S/C11H13FN2O2/c12-9-4-2-1-3-8(9)10-7-16-11(15)14(10)6-5-13/h1-4,10H,5-7,13H2. The predicted molar refractivity (Wildman–Crippen MR) is 56.2 cm³/mol. The van der Waals surface area contributed by atoms with Crippen LogP contribution < -0.4 is 5.73 Å². The zero-order chi connectivity index (χ0) is 11.5. The van der Waals surface area contributed by atoms with Gasteiger partial charge in [0.1, 0.15) is 12.4 Å². The number of amides is 1. The number of carbonyl (C=O) groups is 1. The largest absolute Gasteiger partial charge is 0.447 e. The summed E-state index contributed by atoms with van der Waals surface area (Å²) in [5.41, 5.74) is 5.88. The highest BCUT2D eigenvalue weighted by Gasteiger charge is 2.34. The Kier molecular flexibility index (Phi) is 3.05. The Balaban J connectivity index is 2.27. The van der Waals surface area contributed by atoms with E-state index in [1.807, 2.05) is 0 Å². The molecule has 1 fully saturated rings. The molecule has 0 aliphatic carbocycles. The number of cyclic esters (lactones) is 1. The fourth-order valence-corrected chi connectivity index (χ4v) is 1.84. The molecule has 2 N–H and O–H groups in total. The lowest BCUT2D eigenvalue weighted by atomic mass is 10.1. The Morgan fingerprint density at radius 3 is 2.94 bits per heavy atom. The molecule has 1 unspecified atom stereocenters. The van der Waals surface area contributed by atoms with Crippen LogP contribution in [0.25, 0.3) is 0 Å². The first kappa shape index (κ1) is 10.9. The van der Waals surface area contributed by atoms with Gasteiger partial charge in [-0.2, -0.15) is 0 Å². The molecule has 0 aromatic heterocycles. The van der Waals surface area contributed by atoms with Crippen LogP contribution in [0.5, 0.6) is 0 Å². The van der Waals surface area contributed by atoms with Crippen molar-refractivity contribution >= 4 is 6.09 Å². The van der Waals surface area contributed by atoms with Gasteiger partial charge < -0.3 is 10.5 Å². The summed E-state index contributed by atoms with van der Waals surface area (Å²) in [5.74, 6) is -0.326. The average molecular weight is 224 g/mol. The molecule has 1 atom stereocenters. The number of ether oxygens (including phenoxy) is 1. The monoisotopic (exact) mass is 224 g/mol. The second-order valence-electron chi connectivity index (χ2n) is 3.60. The quantitative estimate of drug-likeness (QED) is 0.841. The smallest absolute Gasteiger partial charge is 0.410 e. The molecular weight excluding hydrogens is 211 g/mol. The molecule has 1 aliphatic heterocycles. The molecule has 0 spiro atoms. The number of carbonyl (C=O) groups excluding carboxylic acids is 1. The Morgan fingerprint density at radius 1 is 1.50 bits per heavy atom. The maximum Gasteiger partial charge on any atom is 0.410 e. The highest BCUT2D eigenvalue weighted by molar-refractivity contribution is 5.70. The molecule has 1 aliphatic rings. The van der Waals surface area contributed by atoms with Crippen molar-refractivity contribution in [3.63, 3.8) is 0 Å². The van der Waals surface area contributed by atoms with E-state index in [1.54, 1.807) is 18.2 Å². The second kappa shape index (κ2) is 4.49. The average Bonchev–Trinajstić information content (AvgIpc) is 2.62. The summed E-state index contributed by atoms with van der Waals surface area (Å²) in [6.45, 7) is 0.887. The van der Waals surface area contributed by atoms with Gasteiger partial charge in [0.05, 0.1) is 6.04 Å². The van der Waals surface area contributed by atoms with Crippen LogP contribution in [0.3, 0.4) is 0 Å². The van der Waals surface area contributed by atoms with Crippen molar-refractivity contribution in [2.75, 3.05) is 19.7 Å². The topological polar surface area (TPSA) is 55.6 Å². The summed E-state index contributed by atoms with van der Waals surface area (Å²) in [4.78, 5) is 12.8. The molecule has 1 aromatic carbocycles. The predicted octanol–water partition coefficient (Wildman–Crippen LogP) is 1.28. The Morgan fingerprint density at radius 2 is 2.25 bits per heavy atom. The fourth-order valence-electron chi connectivity index (χ4n) is 1.84. The summed E-state index contributed by atoms with van der Waals surface area (Å²) in [6, 6.07) is 6.02. The molecule has 0 bridgehead atoms. The van der Waals surface area contributed by atoms with Crippen LogP contribution >= 0.6 is 0 Å². The Hall–Kier alpha value is -1.62.